The lowest BCUT2D eigenvalue weighted by Gasteiger charge is -2.22. The monoisotopic (exact) mass is 269 g/mol. The second kappa shape index (κ2) is 5.83. The van der Waals surface area contributed by atoms with Gasteiger partial charge in [-0.3, -0.25) is 14.5 Å². The summed E-state index contributed by atoms with van der Waals surface area (Å²) in [5.74, 6) is -0.654. The van der Waals surface area contributed by atoms with Gasteiger partial charge in [-0.05, 0) is 18.6 Å². The van der Waals surface area contributed by atoms with Crippen LogP contribution in [0.25, 0.3) is 0 Å². The van der Waals surface area contributed by atoms with Gasteiger partial charge in [-0.1, -0.05) is 0 Å². The van der Waals surface area contributed by atoms with E-state index in [4.69, 9.17) is 10.2 Å². The molecule has 1 fully saturated rings. The van der Waals surface area contributed by atoms with E-state index in [0.29, 0.717) is 0 Å². The van der Waals surface area contributed by atoms with Crippen molar-refractivity contribution in [3.63, 3.8) is 0 Å². The van der Waals surface area contributed by atoms with E-state index in [-0.39, 0.29) is 43.8 Å². The Labute approximate surface area is 109 Å². The molecule has 1 aliphatic heterocycles. The fourth-order valence-electron chi connectivity index (χ4n) is 2.23. The Morgan fingerprint density at radius 3 is 3.00 bits per heavy atom. The topological polar surface area (TPSA) is 88.6 Å². The normalized spacial score (nSPS) is 23.4. The molecule has 0 aromatic carbocycles. The molecule has 6 nitrogen and oxygen atoms in total. The number of halogens is 1. The highest BCUT2D eigenvalue weighted by Crippen LogP contribution is 2.19. The predicted octanol–water partition coefficient (Wildman–Crippen LogP) is -0.0929. The van der Waals surface area contributed by atoms with Crippen molar-refractivity contribution >= 4 is 11.8 Å². The zero-order valence-electron chi connectivity index (χ0n) is 10.3. The minimum absolute atomic E-state index is 0.00170. The number of carbonyl (C=O) groups is 2. The zero-order valence-corrected chi connectivity index (χ0v) is 10.3. The van der Waals surface area contributed by atoms with Gasteiger partial charge in [0.25, 0.3) is 5.91 Å². The van der Waals surface area contributed by atoms with Crippen LogP contribution in [0.2, 0.25) is 0 Å². The number of nitrogens with zero attached hydrogens (tertiary/aromatic N) is 1. The van der Waals surface area contributed by atoms with Crippen molar-refractivity contribution in [3.05, 3.63) is 24.2 Å². The molecular weight excluding hydrogens is 253 g/mol. The fraction of sp³-hybridized carbons (Fsp3) is 0.500. The van der Waals surface area contributed by atoms with E-state index >= 15 is 0 Å². The third kappa shape index (κ3) is 3.54. The number of nitrogens with one attached hydrogen (secondary N) is 1. The molecule has 0 aliphatic carbocycles. The van der Waals surface area contributed by atoms with Gasteiger partial charge >= 0.3 is 0 Å². The first-order chi connectivity index (χ1) is 9.06. The number of nitrogens with two attached hydrogens (primary N) is 1. The molecule has 104 valence electrons. The number of carbonyl (C=O) groups excluding carboxylic acids is 2. The van der Waals surface area contributed by atoms with Crippen LogP contribution in [0.5, 0.6) is 0 Å². The quantitative estimate of drug-likeness (QED) is 0.781. The maximum Gasteiger partial charge on any atom is 0.287 e. The summed E-state index contributed by atoms with van der Waals surface area (Å²) >= 11 is 0. The van der Waals surface area contributed by atoms with Crippen LogP contribution >= 0.6 is 0 Å². The fourth-order valence-corrected chi connectivity index (χ4v) is 2.23. The Hall–Kier alpha value is -1.89. The number of hydrogen-bond acceptors (Lipinski definition) is 4. The van der Waals surface area contributed by atoms with Gasteiger partial charge in [-0.25, -0.2) is 4.39 Å². The zero-order chi connectivity index (χ0) is 13.8. The van der Waals surface area contributed by atoms with E-state index in [1.54, 1.807) is 17.0 Å². The Kier molecular flexibility index (Phi) is 4.16. The van der Waals surface area contributed by atoms with Gasteiger partial charge in [0, 0.05) is 19.1 Å². The predicted molar refractivity (Wildman–Crippen MR) is 65.1 cm³/mol. The summed E-state index contributed by atoms with van der Waals surface area (Å²) in [4.78, 5) is 24.2. The molecule has 0 spiro atoms. The first kappa shape index (κ1) is 13.5. The molecule has 1 aromatic heterocycles. The largest absolute Gasteiger partial charge is 0.459 e. The molecule has 1 saturated heterocycles. The molecule has 1 aliphatic rings. The number of amides is 2. The highest BCUT2D eigenvalue weighted by Gasteiger charge is 2.33. The average molecular weight is 269 g/mol. The summed E-state index contributed by atoms with van der Waals surface area (Å²) in [7, 11) is 0. The second-order valence-corrected chi connectivity index (χ2v) is 4.57. The molecule has 2 heterocycles. The average Bonchev–Trinajstić information content (AvgIpc) is 2.95. The number of primary amides is 1. The molecule has 2 atom stereocenters. The molecule has 0 bridgehead atoms. The number of rotatable bonds is 5. The maximum absolute atomic E-state index is 13.3. The van der Waals surface area contributed by atoms with Crippen molar-refractivity contribution in [2.75, 3.05) is 19.6 Å². The Balaban J connectivity index is 1.87. The molecule has 2 rings (SSSR count). The Morgan fingerprint density at radius 1 is 1.58 bits per heavy atom. The van der Waals surface area contributed by atoms with Crippen molar-refractivity contribution in [2.24, 2.45) is 5.73 Å². The lowest BCUT2D eigenvalue weighted by molar-refractivity contribution is -0.119. The Bertz CT molecular complexity index is 449. The van der Waals surface area contributed by atoms with Crippen LogP contribution < -0.4 is 11.1 Å². The highest BCUT2D eigenvalue weighted by atomic mass is 19.1. The standard InChI is InChI=1S/C12H16FN3O3/c13-8-4-9(16(6-8)7-11(14)17)5-15-12(18)10-2-1-3-19-10/h1-3,8-9H,4-7H2,(H2,14,17)(H,15,18)/t8-,9-/m0/s1. The van der Waals surface area contributed by atoms with E-state index in [1.807, 2.05) is 0 Å². The minimum Gasteiger partial charge on any atom is -0.459 e. The molecule has 0 saturated carbocycles. The van der Waals surface area contributed by atoms with Crippen LogP contribution in [0, 0.1) is 0 Å². The van der Waals surface area contributed by atoms with Gasteiger partial charge in [-0.2, -0.15) is 0 Å². The number of furan rings is 1. The molecular formula is C12H16FN3O3. The van der Waals surface area contributed by atoms with Crippen LogP contribution in [-0.4, -0.2) is 48.6 Å². The van der Waals surface area contributed by atoms with Gasteiger partial charge in [-0.15, -0.1) is 0 Å². The van der Waals surface area contributed by atoms with Crippen LogP contribution in [0.15, 0.2) is 22.8 Å². The summed E-state index contributed by atoms with van der Waals surface area (Å²) in [5, 5.41) is 2.66. The van der Waals surface area contributed by atoms with E-state index in [9.17, 15) is 14.0 Å². The van der Waals surface area contributed by atoms with E-state index in [1.165, 1.54) is 6.26 Å². The molecule has 19 heavy (non-hydrogen) atoms. The van der Waals surface area contributed by atoms with Gasteiger partial charge in [0.05, 0.1) is 12.8 Å². The smallest absolute Gasteiger partial charge is 0.287 e. The van der Waals surface area contributed by atoms with Crippen molar-refractivity contribution in [3.8, 4) is 0 Å². The number of alkyl halides is 1. The third-order valence-electron chi connectivity index (χ3n) is 3.08. The lowest BCUT2D eigenvalue weighted by Crippen LogP contribution is -2.43. The Morgan fingerprint density at radius 2 is 2.37 bits per heavy atom. The van der Waals surface area contributed by atoms with Gasteiger partial charge in [0.2, 0.25) is 5.91 Å². The van der Waals surface area contributed by atoms with Crippen LogP contribution in [-0.2, 0) is 4.79 Å². The third-order valence-corrected chi connectivity index (χ3v) is 3.08. The molecule has 0 radical (unpaired) electrons. The maximum atomic E-state index is 13.3. The van der Waals surface area contributed by atoms with Crippen molar-refractivity contribution in [1.82, 2.24) is 10.2 Å². The van der Waals surface area contributed by atoms with Gasteiger partial charge in [0.1, 0.15) is 6.17 Å². The molecule has 3 N–H and O–H groups in total. The molecule has 2 amide bonds. The van der Waals surface area contributed by atoms with E-state index in [2.05, 4.69) is 5.32 Å². The van der Waals surface area contributed by atoms with Crippen LogP contribution in [0.1, 0.15) is 17.0 Å². The summed E-state index contributed by atoms with van der Waals surface area (Å²) in [6, 6.07) is 2.94. The molecule has 1 aromatic rings. The second-order valence-electron chi connectivity index (χ2n) is 4.57. The summed E-state index contributed by atoms with van der Waals surface area (Å²) in [6.07, 6.45) is 0.692. The summed E-state index contributed by atoms with van der Waals surface area (Å²) < 4.78 is 18.3. The van der Waals surface area contributed by atoms with Crippen molar-refractivity contribution < 1.29 is 18.4 Å². The van der Waals surface area contributed by atoms with Crippen molar-refractivity contribution in [2.45, 2.75) is 18.6 Å². The van der Waals surface area contributed by atoms with Crippen LogP contribution in [0.4, 0.5) is 4.39 Å². The summed E-state index contributed by atoms with van der Waals surface area (Å²) in [6.45, 7) is 0.430. The molecule has 0 unspecified atom stereocenters. The lowest BCUT2D eigenvalue weighted by atomic mass is 10.2. The van der Waals surface area contributed by atoms with E-state index in [0.717, 1.165) is 0 Å². The number of likely N-dealkylation sites (tertiary alicyclic amines) is 1. The van der Waals surface area contributed by atoms with E-state index < -0.39 is 12.1 Å². The first-order valence-corrected chi connectivity index (χ1v) is 6.04. The SMILES string of the molecule is NC(=O)CN1C[C@@H](F)C[C@H]1CNC(=O)c1ccco1. The molecule has 7 heteroatoms. The van der Waals surface area contributed by atoms with Gasteiger partial charge < -0.3 is 15.5 Å². The van der Waals surface area contributed by atoms with Crippen LogP contribution in [0.3, 0.4) is 0 Å². The highest BCUT2D eigenvalue weighted by molar-refractivity contribution is 5.91. The van der Waals surface area contributed by atoms with Crippen molar-refractivity contribution in [1.29, 1.82) is 0 Å². The summed E-state index contributed by atoms with van der Waals surface area (Å²) in [5.41, 5.74) is 5.11. The first-order valence-electron chi connectivity index (χ1n) is 6.04. The number of hydrogen-bond donors (Lipinski definition) is 2. The van der Waals surface area contributed by atoms with Gasteiger partial charge in [0.15, 0.2) is 5.76 Å². The minimum atomic E-state index is -0.995.